The first kappa shape index (κ1) is 15.9. The standard InChI is InChI=1S/C14H21F2NO2/c1-2-17-10-11-8-12(15)14(13(16)9-11)19-7-5-3-4-6-18/h8-9,17-18H,2-7,10H2,1H3. The third kappa shape index (κ3) is 5.53. The van der Waals surface area contributed by atoms with Gasteiger partial charge in [-0.15, -0.1) is 0 Å². The van der Waals surface area contributed by atoms with Gasteiger partial charge in [0.1, 0.15) is 0 Å². The van der Waals surface area contributed by atoms with Crippen LogP contribution >= 0.6 is 0 Å². The second-order valence-corrected chi connectivity index (χ2v) is 4.30. The Balaban J connectivity index is 2.53. The number of unbranched alkanes of at least 4 members (excludes halogenated alkanes) is 2. The van der Waals surface area contributed by atoms with Crippen LogP contribution in [0.2, 0.25) is 0 Å². The van der Waals surface area contributed by atoms with E-state index in [2.05, 4.69) is 5.32 Å². The first-order valence-electron chi connectivity index (χ1n) is 6.61. The maximum atomic E-state index is 13.7. The molecule has 1 aromatic rings. The molecule has 0 fully saturated rings. The van der Waals surface area contributed by atoms with Crippen molar-refractivity contribution in [2.75, 3.05) is 19.8 Å². The Bertz CT molecular complexity index is 363. The van der Waals surface area contributed by atoms with Gasteiger partial charge >= 0.3 is 0 Å². The van der Waals surface area contributed by atoms with E-state index in [0.29, 0.717) is 24.9 Å². The summed E-state index contributed by atoms with van der Waals surface area (Å²) in [5.74, 6) is -1.66. The van der Waals surface area contributed by atoms with Crippen molar-refractivity contribution in [1.29, 1.82) is 0 Å². The van der Waals surface area contributed by atoms with Crippen LogP contribution in [-0.2, 0) is 6.54 Å². The third-order valence-corrected chi connectivity index (χ3v) is 2.69. The molecule has 0 unspecified atom stereocenters. The Morgan fingerprint density at radius 2 is 1.84 bits per heavy atom. The fourth-order valence-electron chi connectivity index (χ4n) is 1.69. The molecule has 0 spiro atoms. The van der Waals surface area contributed by atoms with Crippen molar-refractivity contribution in [3.63, 3.8) is 0 Å². The van der Waals surface area contributed by atoms with Crippen LogP contribution in [0.3, 0.4) is 0 Å². The highest BCUT2D eigenvalue weighted by atomic mass is 19.1. The van der Waals surface area contributed by atoms with Crippen LogP contribution in [0.5, 0.6) is 5.75 Å². The van der Waals surface area contributed by atoms with Gasteiger partial charge in [0.25, 0.3) is 0 Å². The Labute approximate surface area is 112 Å². The molecule has 0 aliphatic heterocycles. The van der Waals surface area contributed by atoms with Gasteiger partial charge in [-0.2, -0.15) is 0 Å². The molecule has 0 heterocycles. The number of rotatable bonds is 9. The van der Waals surface area contributed by atoms with Crippen LogP contribution in [0.4, 0.5) is 8.78 Å². The average Bonchev–Trinajstić information content (AvgIpc) is 2.38. The van der Waals surface area contributed by atoms with Gasteiger partial charge in [-0.3, -0.25) is 0 Å². The number of hydrogen-bond donors (Lipinski definition) is 2. The molecule has 3 nitrogen and oxygen atoms in total. The topological polar surface area (TPSA) is 41.5 Å². The van der Waals surface area contributed by atoms with Crippen LogP contribution in [0, 0.1) is 11.6 Å². The summed E-state index contributed by atoms with van der Waals surface area (Å²) in [6.45, 7) is 3.48. The molecule has 0 aliphatic carbocycles. The average molecular weight is 273 g/mol. The predicted octanol–water partition coefficient (Wildman–Crippen LogP) is 2.62. The molecule has 0 aromatic heterocycles. The van der Waals surface area contributed by atoms with Gasteiger partial charge in [0.2, 0.25) is 0 Å². The summed E-state index contributed by atoms with van der Waals surface area (Å²) in [4.78, 5) is 0. The van der Waals surface area contributed by atoms with Gasteiger partial charge in [-0.05, 0) is 43.5 Å². The zero-order valence-corrected chi connectivity index (χ0v) is 11.2. The molecule has 0 radical (unpaired) electrons. The van der Waals surface area contributed by atoms with E-state index >= 15 is 0 Å². The minimum atomic E-state index is -0.671. The number of ether oxygens (including phenoxy) is 1. The van der Waals surface area contributed by atoms with Crippen molar-refractivity contribution in [2.24, 2.45) is 0 Å². The molecule has 0 atom stereocenters. The molecule has 0 amide bonds. The lowest BCUT2D eigenvalue weighted by Gasteiger charge is -2.10. The van der Waals surface area contributed by atoms with Crippen molar-refractivity contribution < 1.29 is 18.6 Å². The SMILES string of the molecule is CCNCc1cc(F)c(OCCCCCO)c(F)c1. The van der Waals surface area contributed by atoms with Gasteiger partial charge in [0, 0.05) is 13.2 Å². The second kappa shape index (κ2) is 8.82. The van der Waals surface area contributed by atoms with Gasteiger partial charge in [0.15, 0.2) is 17.4 Å². The predicted molar refractivity (Wildman–Crippen MR) is 70.2 cm³/mol. The number of halogens is 2. The maximum absolute atomic E-state index is 13.7. The molecule has 19 heavy (non-hydrogen) atoms. The van der Waals surface area contributed by atoms with Crippen LogP contribution in [-0.4, -0.2) is 24.9 Å². The molecule has 1 rings (SSSR count). The van der Waals surface area contributed by atoms with E-state index in [0.717, 1.165) is 13.0 Å². The van der Waals surface area contributed by atoms with E-state index in [9.17, 15) is 8.78 Å². The molecule has 0 aliphatic rings. The molecule has 0 saturated heterocycles. The first-order valence-corrected chi connectivity index (χ1v) is 6.61. The van der Waals surface area contributed by atoms with Crippen molar-refractivity contribution in [1.82, 2.24) is 5.32 Å². The van der Waals surface area contributed by atoms with E-state index in [1.54, 1.807) is 0 Å². The van der Waals surface area contributed by atoms with Crippen molar-refractivity contribution in [3.05, 3.63) is 29.3 Å². The van der Waals surface area contributed by atoms with Gasteiger partial charge in [-0.1, -0.05) is 6.92 Å². The number of aliphatic hydroxyl groups is 1. The van der Waals surface area contributed by atoms with Gasteiger partial charge in [-0.25, -0.2) is 8.78 Å². The summed E-state index contributed by atoms with van der Waals surface area (Å²) < 4.78 is 32.5. The number of benzene rings is 1. The fourth-order valence-corrected chi connectivity index (χ4v) is 1.69. The van der Waals surface area contributed by atoms with Crippen LogP contribution < -0.4 is 10.1 Å². The van der Waals surface area contributed by atoms with Crippen molar-refractivity contribution >= 4 is 0 Å². The fraction of sp³-hybridized carbons (Fsp3) is 0.571. The molecule has 1 aromatic carbocycles. The van der Waals surface area contributed by atoms with Crippen molar-refractivity contribution in [3.8, 4) is 5.75 Å². The third-order valence-electron chi connectivity index (χ3n) is 2.69. The molecular formula is C14H21F2NO2. The van der Waals surface area contributed by atoms with Crippen LogP contribution in [0.25, 0.3) is 0 Å². The highest BCUT2D eigenvalue weighted by Gasteiger charge is 2.12. The molecule has 5 heteroatoms. The van der Waals surface area contributed by atoms with E-state index in [-0.39, 0.29) is 19.0 Å². The van der Waals surface area contributed by atoms with Gasteiger partial charge < -0.3 is 15.2 Å². The quantitative estimate of drug-likeness (QED) is 0.680. The summed E-state index contributed by atoms with van der Waals surface area (Å²) in [5, 5.41) is 11.6. The van der Waals surface area contributed by atoms with Gasteiger partial charge in [0.05, 0.1) is 6.61 Å². The van der Waals surface area contributed by atoms with Crippen molar-refractivity contribution in [2.45, 2.75) is 32.7 Å². The highest BCUT2D eigenvalue weighted by Crippen LogP contribution is 2.23. The van der Waals surface area contributed by atoms with E-state index in [1.165, 1.54) is 12.1 Å². The number of nitrogens with one attached hydrogen (secondary N) is 1. The molecular weight excluding hydrogens is 252 g/mol. The Morgan fingerprint density at radius 1 is 1.16 bits per heavy atom. The Morgan fingerprint density at radius 3 is 2.42 bits per heavy atom. The summed E-state index contributed by atoms with van der Waals surface area (Å²) >= 11 is 0. The summed E-state index contributed by atoms with van der Waals surface area (Å²) in [5.41, 5.74) is 0.560. The molecule has 0 saturated carbocycles. The summed E-state index contributed by atoms with van der Waals surface area (Å²) in [6, 6.07) is 2.57. The minimum absolute atomic E-state index is 0.127. The zero-order chi connectivity index (χ0) is 14.1. The lowest BCUT2D eigenvalue weighted by atomic mass is 10.2. The normalized spacial score (nSPS) is 10.7. The summed E-state index contributed by atoms with van der Waals surface area (Å²) in [6.07, 6.45) is 2.12. The van der Waals surface area contributed by atoms with E-state index in [1.807, 2.05) is 6.92 Å². The Kier molecular flexibility index (Phi) is 7.36. The van der Waals surface area contributed by atoms with E-state index < -0.39 is 11.6 Å². The molecule has 2 N–H and O–H groups in total. The second-order valence-electron chi connectivity index (χ2n) is 4.30. The lowest BCUT2D eigenvalue weighted by Crippen LogP contribution is -2.12. The summed E-state index contributed by atoms with van der Waals surface area (Å²) in [7, 11) is 0. The molecule has 0 bridgehead atoms. The first-order chi connectivity index (χ1) is 9.19. The van der Waals surface area contributed by atoms with Crippen LogP contribution in [0.15, 0.2) is 12.1 Å². The largest absolute Gasteiger partial charge is 0.488 e. The Hall–Kier alpha value is -1.20. The minimum Gasteiger partial charge on any atom is -0.488 e. The van der Waals surface area contributed by atoms with E-state index in [4.69, 9.17) is 9.84 Å². The highest BCUT2D eigenvalue weighted by molar-refractivity contribution is 5.31. The zero-order valence-electron chi connectivity index (χ0n) is 11.2. The lowest BCUT2D eigenvalue weighted by molar-refractivity contribution is 0.255. The smallest absolute Gasteiger partial charge is 0.190 e. The van der Waals surface area contributed by atoms with Crippen LogP contribution in [0.1, 0.15) is 31.7 Å². The maximum Gasteiger partial charge on any atom is 0.190 e. The number of aliphatic hydroxyl groups excluding tert-OH is 1. The monoisotopic (exact) mass is 273 g/mol. The molecule has 108 valence electrons. The number of hydrogen-bond acceptors (Lipinski definition) is 3.